The largest absolute Gasteiger partial charge is 0.497 e. The zero-order chi connectivity index (χ0) is 18.7. The van der Waals surface area contributed by atoms with Crippen molar-refractivity contribution in [1.29, 1.82) is 0 Å². The quantitative estimate of drug-likeness (QED) is 0.749. The van der Waals surface area contributed by atoms with Crippen LogP contribution in [0.15, 0.2) is 48.5 Å². The molecular weight excluding hydrogens is 324 g/mol. The number of benzene rings is 2. The molecule has 1 saturated carbocycles. The molecule has 1 atom stereocenters. The normalized spacial score (nSPS) is 14.6. The van der Waals surface area contributed by atoms with E-state index in [1.165, 1.54) is 12.8 Å². The molecule has 4 heteroatoms. The van der Waals surface area contributed by atoms with Gasteiger partial charge in [-0.15, -0.1) is 0 Å². The van der Waals surface area contributed by atoms with Gasteiger partial charge >= 0.3 is 0 Å². The minimum Gasteiger partial charge on any atom is -0.497 e. The lowest BCUT2D eigenvalue weighted by molar-refractivity contribution is 0.0654. The van der Waals surface area contributed by atoms with Crippen molar-refractivity contribution in [3.63, 3.8) is 0 Å². The Hall–Kier alpha value is -2.49. The fraction of sp³-hybridized carbons (Fsp3) is 0.409. The van der Waals surface area contributed by atoms with E-state index in [9.17, 15) is 4.79 Å². The molecule has 1 unspecified atom stereocenters. The monoisotopic (exact) mass is 352 g/mol. The summed E-state index contributed by atoms with van der Waals surface area (Å²) in [5, 5.41) is 0. The molecule has 0 saturated heterocycles. The summed E-state index contributed by atoms with van der Waals surface area (Å²) < 4.78 is 5.24. The number of amides is 1. The summed E-state index contributed by atoms with van der Waals surface area (Å²) >= 11 is 0. The van der Waals surface area contributed by atoms with Crippen molar-refractivity contribution in [3.8, 4) is 5.75 Å². The molecule has 1 amide bonds. The number of methoxy groups -OCH3 is 1. The minimum atomic E-state index is 0.101. The number of rotatable bonds is 7. The second-order valence-electron chi connectivity index (χ2n) is 7.30. The van der Waals surface area contributed by atoms with Gasteiger partial charge in [0, 0.05) is 37.9 Å². The zero-order valence-corrected chi connectivity index (χ0v) is 16.1. The highest BCUT2D eigenvalue weighted by atomic mass is 16.5. The Kier molecular flexibility index (Phi) is 5.50. The van der Waals surface area contributed by atoms with Gasteiger partial charge in [0.1, 0.15) is 5.75 Å². The van der Waals surface area contributed by atoms with Gasteiger partial charge in [-0.2, -0.15) is 0 Å². The summed E-state index contributed by atoms with van der Waals surface area (Å²) in [6.45, 7) is 2.79. The molecule has 0 bridgehead atoms. The zero-order valence-electron chi connectivity index (χ0n) is 16.1. The van der Waals surface area contributed by atoms with Crippen LogP contribution in [0.5, 0.6) is 5.75 Å². The van der Waals surface area contributed by atoms with Crippen molar-refractivity contribution < 1.29 is 9.53 Å². The van der Waals surface area contributed by atoms with Gasteiger partial charge in [-0.25, -0.2) is 0 Å². The predicted octanol–water partition coefficient (Wildman–Crippen LogP) is 4.20. The van der Waals surface area contributed by atoms with Gasteiger partial charge in [0.25, 0.3) is 5.91 Å². The molecule has 26 heavy (non-hydrogen) atoms. The fourth-order valence-electron chi connectivity index (χ4n) is 3.24. The average molecular weight is 352 g/mol. The van der Waals surface area contributed by atoms with Crippen molar-refractivity contribution in [2.24, 2.45) is 5.92 Å². The van der Waals surface area contributed by atoms with Gasteiger partial charge < -0.3 is 14.5 Å². The molecule has 2 aromatic rings. The highest BCUT2D eigenvalue weighted by molar-refractivity contribution is 5.95. The van der Waals surface area contributed by atoms with Crippen LogP contribution in [0.25, 0.3) is 0 Å². The molecule has 0 radical (unpaired) electrons. The minimum absolute atomic E-state index is 0.101. The van der Waals surface area contributed by atoms with Crippen molar-refractivity contribution in [2.45, 2.75) is 32.4 Å². The smallest absolute Gasteiger partial charge is 0.254 e. The lowest BCUT2D eigenvalue weighted by Gasteiger charge is -2.30. The Balaban J connectivity index is 1.85. The van der Waals surface area contributed by atoms with Crippen LogP contribution < -0.4 is 9.64 Å². The maximum Gasteiger partial charge on any atom is 0.254 e. The molecule has 2 aromatic carbocycles. The number of carbonyl (C=O) groups excluding carboxylic acids is 1. The molecule has 138 valence electrons. The van der Waals surface area contributed by atoms with E-state index in [1.807, 2.05) is 72.4 Å². The first-order chi connectivity index (χ1) is 12.5. The SMILES string of the molecule is COc1ccc(CN(C(=O)c2cccc(N(C)C)c2)C(C)C2CC2)cc1. The fourth-order valence-corrected chi connectivity index (χ4v) is 3.24. The van der Waals surface area contributed by atoms with E-state index in [-0.39, 0.29) is 11.9 Å². The Labute approximate surface area is 156 Å². The lowest BCUT2D eigenvalue weighted by Crippen LogP contribution is -2.39. The van der Waals surface area contributed by atoms with E-state index in [1.54, 1.807) is 7.11 Å². The first-order valence-electron chi connectivity index (χ1n) is 9.21. The summed E-state index contributed by atoms with van der Waals surface area (Å²) in [7, 11) is 5.65. The number of ether oxygens (including phenoxy) is 1. The summed E-state index contributed by atoms with van der Waals surface area (Å²) in [4.78, 5) is 17.3. The number of nitrogens with zero attached hydrogens (tertiary/aromatic N) is 2. The third-order valence-electron chi connectivity index (χ3n) is 5.18. The Bertz CT molecular complexity index is 751. The number of carbonyl (C=O) groups is 1. The molecule has 0 aromatic heterocycles. The van der Waals surface area contributed by atoms with E-state index in [0.717, 1.165) is 22.6 Å². The second kappa shape index (κ2) is 7.81. The second-order valence-corrected chi connectivity index (χ2v) is 7.30. The van der Waals surface area contributed by atoms with Crippen LogP contribution in [0.2, 0.25) is 0 Å². The number of anilines is 1. The van der Waals surface area contributed by atoms with E-state index in [0.29, 0.717) is 12.5 Å². The molecule has 1 fully saturated rings. The van der Waals surface area contributed by atoms with E-state index in [2.05, 4.69) is 6.92 Å². The maximum atomic E-state index is 13.3. The van der Waals surface area contributed by atoms with Gasteiger partial charge in [0.05, 0.1) is 7.11 Å². The van der Waals surface area contributed by atoms with E-state index in [4.69, 9.17) is 4.74 Å². The first kappa shape index (κ1) is 18.3. The van der Waals surface area contributed by atoms with Crippen LogP contribution in [-0.2, 0) is 6.54 Å². The van der Waals surface area contributed by atoms with Crippen LogP contribution in [0, 0.1) is 5.92 Å². The van der Waals surface area contributed by atoms with Gasteiger partial charge in [-0.1, -0.05) is 18.2 Å². The Morgan fingerprint density at radius 3 is 2.42 bits per heavy atom. The molecule has 0 N–H and O–H groups in total. The lowest BCUT2D eigenvalue weighted by atomic mass is 10.1. The average Bonchev–Trinajstić information content (AvgIpc) is 3.51. The molecule has 1 aliphatic carbocycles. The summed E-state index contributed by atoms with van der Waals surface area (Å²) in [5.74, 6) is 1.55. The Morgan fingerprint density at radius 1 is 1.15 bits per heavy atom. The molecular formula is C22H28N2O2. The van der Waals surface area contributed by atoms with Gasteiger partial charge in [0.15, 0.2) is 0 Å². The third-order valence-corrected chi connectivity index (χ3v) is 5.18. The van der Waals surface area contributed by atoms with Crippen LogP contribution in [0.4, 0.5) is 5.69 Å². The van der Waals surface area contributed by atoms with Crippen LogP contribution in [-0.4, -0.2) is 38.1 Å². The van der Waals surface area contributed by atoms with Crippen molar-refractivity contribution in [1.82, 2.24) is 4.90 Å². The molecule has 1 aliphatic rings. The number of hydrogen-bond donors (Lipinski definition) is 0. The molecule has 4 nitrogen and oxygen atoms in total. The van der Waals surface area contributed by atoms with Crippen LogP contribution >= 0.6 is 0 Å². The first-order valence-corrected chi connectivity index (χ1v) is 9.21. The number of hydrogen-bond acceptors (Lipinski definition) is 3. The molecule has 0 spiro atoms. The standard InChI is InChI=1S/C22H28N2O2/c1-16(18-10-11-18)24(15-17-8-12-21(26-4)13-9-17)22(25)19-6-5-7-20(14-19)23(2)3/h5-9,12-14,16,18H,10-11,15H2,1-4H3. The highest BCUT2D eigenvalue weighted by Gasteiger charge is 2.34. The highest BCUT2D eigenvalue weighted by Crippen LogP contribution is 2.36. The van der Waals surface area contributed by atoms with E-state index < -0.39 is 0 Å². The maximum absolute atomic E-state index is 13.3. The topological polar surface area (TPSA) is 32.8 Å². The van der Waals surface area contributed by atoms with Crippen molar-refractivity contribution in [2.75, 3.05) is 26.1 Å². The van der Waals surface area contributed by atoms with E-state index >= 15 is 0 Å². The van der Waals surface area contributed by atoms with Crippen LogP contribution in [0.3, 0.4) is 0 Å². The summed E-state index contributed by atoms with van der Waals surface area (Å²) in [5.41, 5.74) is 2.91. The summed E-state index contributed by atoms with van der Waals surface area (Å²) in [6.07, 6.45) is 2.43. The predicted molar refractivity (Wildman–Crippen MR) is 106 cm³/mol. The van der Waals surface area contributed by atoms with Crippen molar-refractivity contribution in [3.05, 3.63) is 59.7 Å². The summed E-state index contributed by atoms with van der Waals surface area (Å²) in [6, 6.07) is 16.1. The van der Waals surface area contributed by atoms with Gasteiger partial charge in [-0.3, -0.25) is 4.79 Å². The molecule has 3 rings (SSSR count). The van der Waals surface area contributed by atoms with Gasteiger partial charge in [0.2, 0.25) is 0 Å². The van der Waals surface area contributed by atoms with Crippen molar-refractivity contribution >= 4 is 11.6 Å². The van der Waals surface area contributed by atoms with Crippen LogP contribution in [0.1, 0.15) is 35.7 Å². The molecule has 0 aliphatic heterocycles. The molecule has 0 heterocycles. The third kappa shape index (κ3) is 4.18. The van der Waals surface area contributed by atoms with Gasteiger partial charge in [-0.05, 0) is 61.6 Å². The Morgan fingerprint density at radius 2 is 1.85 bits per heavy atom.